The van der Waals surface area contributed by atoms with Gasteiger partial charge in [0.15, 0.2) is 5.75 Å². The van der Waals surface area contributed by atoms with E-state index < -0.39 is 8.25 Å². The molecule has 0 amide bonds. The van der Waals surface area contributed by atoms with Crippen LogP contribution >= 0.6 is 8.25 Å². The topological polar surface area (TPSA) is 46.5 Å². The van der Waals surface area contributed by atoms with Gasteiger partial charge in [-0.25, -0.2) is 4.52 Å². The molecule has 3 nitrogen and oxygen atoms in total. The van der Waals surface area contributed by atoms with Gasteiger partial charge in [-0.05, 0) is 22.2 Å². The van der Waals surface area contributed by atoms with E-state index in [2.05, 4.69) is 0 Å². The van der Waals surface area contributed by atoms with Gasteiger partial charge in [0.1, 0.15) is 0 Å². The first kappa shape index (κ1) is 9.52. The molecule has 0 fully saturated rings. The van der Waals surface area contributed by atoms with Crippen molar-refractivity contribution in [3.63, 3.8) is 0 Å². The summed E-state index contributed by atoms with van der Waals surface area (Å²) in [7, 11) is -2.62. The molecule has 0 heterocycles. The number of fused-ring (bicyclic) bond motifs is 2. The molecule has 4 aromatic rings. The van der Waals surface area contributed by atoms with Crippen molar-refractivity contribution < 1.29 is 14.0 Å². The predicted molar refractivity (Wildman–Crippen MR) is 63.1 cm³/mol. The second kappa shape index (κ2) is 3.41. The van der Waals surface area contributed by atoms with Crippen LogP contribution in [0.2, 0.25) is 0 Å². The SMILES string of the molecule is O=[P+](O)Oc1cccc2c3ccc(cc3)c12. The average molecular weight is 231 g/mol. The molecule has 0 radical (unpaired) electrons. The lowest BCUT2D eigenvalue weighted by Gasteiger charge is -2.07. The monoisotopic (exact) mass is 231 g/mol. The average Bonchev–Trinajstić information content (AvgIpc) is 2.30. The lowest BCUT2D eigenvalue weighted by atomic mass is 9.99. The smallest absolute Gasteiger partial charge is 0.229 e. The first-order valence-electron chi connectivity index (χ1n) is 4.83. The van der Waals surface area contributed by atoms with Crippen molar-refractivity contribution in [3.8, 4) is 5.75 Å². The highest BCUT2D eigenvalue weighted by Gasteiger charge is 2.18. The number of benzene rings is 4. The fourth-order valence-corrected chi connectivity index (χ4v) is 2.37. The van der Waals surface area contributed by atoms with Gasteiger partial charge in [0.2, 0.25) is 0 Å². The van der Waals surface area contributed by atoms with Crippen molar-refractivity contribution in [2.45, 2.75) is 0 Å². The van der Waals surface area contributed by atoms with Crippen molar-refractivity contribution in [1.82, 2.24) is 0 Å². The third-order valence-electron chi connectivity index (χ3n) is 2.69. The second-order valence-corrected chi connectivity index (χ2v) is 4.24. The number of hydrogen-bond donors (Lipinski definition) is 1. The van der Waals surface area contributed by atoms with E-state index >= 15 is 0 Å². The van der Waals surface area contributed by atoms with Crippen LogP contribution in [-0.2, 0) is 4.57 Å². The van der Waals surface area contributed by atoms with Crippen molar-refractivity contribution in [2.24, 2.45) is 0 Å². The molecule has 78 valence electrons. The summed E-state index contributed by atoms with van der Waals surface area (Å²) in [5, 5.41) is 4.07. The molecule has 4 heteroatoms. The van der Waals surface area contributed by atoms with Crippen LogP contribution < -0.4 is 4.52 Å². The lowest BCUT2D eigenvalue weighted by Crippen LogP contribution is -1.86. The predicted octanol–water partition coefficient (Wildman–Crippen LogP) is 3.46. The highest BCUT2D eigenvalue weighted by Crippen LogP contribution is 2.37. The Hall–Kier alpha value is -1.70. The molecular formula is C12H8O3P+. The molecule has 0 aliphatic rings. The Morgan fingerprint density at radius 1 is 1.00 bits per heavy atom. The third kappa shape index (κ3) is 1.33. The minimum absolute atomic E-state index is 0.460. The van der Waals surface area contributed by atoms with E-state index in [1.165, 1.54) is 0 Å². The molecule has 0 aliphatic heterocycles. The molecule has 1 atom stereocenters. The van der Waals surface area contributed by atoms with Crippen LogP contribution in [0.3, 0.4) is 0 Å². The van der Waals surface area contributed by atoms with Gasteiger partial charge >= 0.3 is 8.25 Å². The van der Waals surface area contributed by atoms with E-state index in [1.807, 2.05) is 36.4 Å². The maximum absolute atomic E-state index is 10.7. The summed E-state index contributed by atoms with van der Waals surface area (Å²) < 4.78 is 15.7. The van der Waals surface area contributed by atoms with Gasteiger partial charge in [-0.1, -0.05) is 36.4 Å². The highest BCUT2D eigenvalue weighted by molar-refractivity contribution is 7.32. The van der Waals surface area contributed by atoms with E-state index in [0.29, 0.717) is 5.75 Å². The van der Waals surface area contributed by atoms with Crippen LogP contribution in [0.15, 0.2) is 42.5 Å². The number of hydrogen-bond acceptors (Lipinski definition) is 2. The van der Waals surface area contributed by atoms with Crippen LogP contribution in [0.1, 0.15) is 0 Å². The Morgan fingerprint density at radius 3 is 2.38 bits per heavy atom. The van der Waals surface area contributed by atoms with Gasteiger partial charge in [-0.15, -0.1) is 4.89 Å². The summed E-state index contributed by atoms with van der Waals surface area (Å²) in [6.45, 7) is 0. The maximum Gasteiger partial charge on any atom is 0.747 e. The van der Waals surface area contributed by atoms with Gasteiger partial charge in [0.05, 0.1) is 0 Å². The molecular weight excluding hydrogens is 223 g/mol. The zero-order valence-electron chi connectivity index (χ0n) is 8.25. The first-order valence-corrected chi connectivity index (χ1v) is 5.96. The van der Waals surface area contributed by atoms with E-state index in [0.717, 1.165) is 21.5 Å². The Morgan fingerprint density at radius 2 is 1.69 bits per heavy atom. The van der Waals surface area contributed by atoms with Crippen LogP contribution in [0.5, 0.6) is 5.75 Å². The van der Waals surface area contributed by atoms with Crippen molar-refractivity contribution in [2.75, 3.05) is 0 Å². The minimum atomic E-state index is -2.62. The Labute approximate surface area is 92.6 Å². The van der Waals surface area contributed by atoms with Gasteiger partial charge in [0.25, 0.3) is 0 Å². The summed E-state index contributed by atoms with van der Waals surface area (Å²) in [6, 6.07) is 13.5. The van der Waals surface area contributed by atoms with Crippen LogP contribution in [-0.4, -0.2) is 4.89 Å². The summed E-state index contributed by atoms with van der Waals surface area (Å²) in [5.41, 5.74) is 0. The van der Waals surface area contributed by atoms with Crippen LogP contribution in [0, 0.1) is 0 Å². The molecule has 4 rings (SSSR count). The Kier molecular flexibility index (Phi) is 2.03. The normalized spacial score (nSPS) is 12.2. The van der Waals surface area contributed by atoms with Gasteiger partial charge in [0, 0.05) is 9.95 Å². The Bertz CT molecular complexity index is 658. The Balaban J connectivity index is 2.39. The van der Waals surface area contributed by atoms with Crippen molar-refractivity contribution in [1.29, 1.82) is 0 Å². The fraction of sp³-hybridized carbons (Fsp3) is 0. The standard InChI is InChI=1S/C12H7O3P/c13-16(14)15-11-3-1-2-10-8-4-6-9(7-5-8)12(10)11/h1-7H/p+1. The molecule has 0 saturated carbocycles. The minimum Gasteiger partial charge on any atom is -0.229 e. The third-order valence-corrected chi connectivity index (χ3v) is 3.04. The molecule has 2 bridgehead atoms. The van der Waals surface area contributed by atoms with E-state index in [9.17, 15) is 4.57 Å². The van der Waals surface area contributed by atoms with Gasteiger partial charge < -0.3 is 0 Å². The largest absolute Gasteiger partial charge is 0.747 e. The van der Waals surface area contributed by atoms with Gasteiger partial charge in [-0.3, -0.25) is 0 Å². The molecule has 0 aromatic heterocycles. The highest BCUT2D eigenvalue weighted by atomic mass is 31.1. The summed E-state index contributed by atoms with van der Waals surface area (Å²) in [5.74, 6) is 0.460. The fourth-order valence-electron chi connectivity index (χ4n) is 2.05. The summed E-state index contributed by atoms with van der Waals surface area (Å²) in [6.07, 6.45) is 0. The summed E-state index contributed by atoms with van der Waals surface area (Å²) in [4.78, 5) is 8.81. The molecule has 4 aromatic carbocycles. The van der Waals surface area contributed by atoms with Crippen molar-refractivity contribution >= 4 is 29.8 Å². The van der Waals surface area contributed by atoms with Crippen LogP contribution in [0.4, 0.5) is 0 Å². The molecule has 0 aliphatic carbocycles. The quantitative estimate of drug-likeness (QED) is 0.687. The van der Waals surface area contributed by atoms with Crippen LogP contribution in [0.25, 0.3) is 21.5 Å². The van der Waals surface area contributed by atoms with E-state index in [4.69, 9.17) is 9.42 Å². The molecule has 1 N–H and O–H groups in total. The summed E-state index contributed by atoms with van der Waals surface area (Å²) >= 11 is 0. The lowest BCUT2D eigenvalue weighted by molar-refractivity contribution is 0.412. The second-order valence-electron chi connectivity index (χ2n) is 3.59. The van der Waals surface area contributed by atoms with E-state index in [1.54, 1.807) is 6.07 Å². The first-order chi connectivity index (χ1) is 7.75. The number of rotatable bonds is 2. The van der Waals surface area contributed by atoms with E-state index in [-0.39, 0.29) is 0 Å². The zero-order chi connectivity index (χ0) is 11.1. The molecule has 0 saturated heterocycles. The van der Waals surface area contributed by atoms with Crippen molar-refractivity contribution in [3.05, 3.63) is 42.5 Å². The molecule has 0 spiro atoms. The maximum atomic E-state index is 10.7. The molecule has 1 unspecified atom stereocenters. The molecule has 16 heavy (non-hydrogen) atoms. The zero-order valence-corrected chi connectivity index (χ0v) is 9.15. The van der Waals surface area contributed by atoms with Gasteiger partial charge in [-0.2, -0.15) is 0 Å².